The predicted molar refractivity (Wildman–Crippen MR) is 117 cm³/mol. The van der Waals surface area contributed by atoms with Gasteiger partial charge >= 0.3 is 5.97 Å². The molecule has 0 radical (unpaired) electrons. The van der Waals surface area contributed by atoms with Gasteiger partial charge in [-0.05, 0) is 43.6 Å². The van der Waals surface area contributed by atoms with Crippen LogP contribution in [0.1, 0.15) is 56.2 Å². The Balaban J connectivity index is 1.99. The largest absolute Gasteiger partial charge is 0.461 e. The van der Waals surface area contributed by atoms with E-state index in [2.05, 4.69) is 32.2 Å². The molecular formula is C22H29NO3S2. The number of thiophene rings is 1. The summed E-state index contributed by atoms with van der Waals surface area (Å²) in [5.74, 6) is 1.27. The number of ketones is 1. The quantitative estimate of drug-likeness (QED) is 0.522. The molecule has 2 aliphatic rings. The summed E-state index contributed by atoms with van der Waals surface area (Å²) in [4.78, 5) is 28.4. The zero-order valence-electron chi connectivity index (χ0n) is 17.3. The van der Waals surface area contributed by atoms with Crippen molar-refractivity contribution in [2.75, 3.05) is 18.1 Å². The second-order valence-electron chi connectivity index (χ2n) is 8.21. The molecule has 0 saturated carbocycles. The number of nitrogens with one attached hydrogen (secondary N) is 1. The third-order valence-electron chi connectivity index (χ3n) is 5.17. The lowest BCUT2D eigenvalue weighted by Gasteiger charge is -2.39. The van der Waals surface area contributed by atoms with Crippen molar-refractivity contribution in [1.82, 2.24) is 5.32 Å². The number of hydrogen-bond donors (Lipinski definition) is 1. The van der Waals surface area contributed by atoms with Gasteiger partial charge in [0.2, 0.25) is 0 Å². The topological polar surface area (TPSA) is 55.4 Å². The van der Waals surface area contributed by atoms with Gasteiger partial charge in [0.15, 0.2) is 5.78 Å². The molecule has 0 fully saturated rings. The first-order valence-electron chi connectivity index (χ1n) is 9.78. The van der Waals surface area contributed by atoms with E-state index >= 15 is 0 Å². The Morgan fingerprint density at radius 3 is 2.71 bits per heavy atom. The molecule has 0 unspecified atom stereocenters. The summed E-state index contributed by atoms with van der Waals surface area (Å²) in [5, 5.41) is 3.38. The number of ether oxygens (including phenoxy) is 1. The Morgan fingerprint density at radius 1 is 1.32 bits per heavy atom. The standard InChI is InChI=1S/C22H29NO3S2/c1-6-27-10-9-26-21(25)18-14(3)23-15-11-22(4,5)12-16(24)19(15)20(18)17-8-7-13(2)28-17/h7-8,20,23H,6,9-12H2,1-5H3/t20-/m0/s1. The molecule has 3 rings (SSSR count). The van der Waals surface area contributed by atoms with Crippen molar-refractivity contribution in [1.29, 1.82) is 0 Å². The fourth-order valence-electron chi connectivity index (χ4n) is 4.02. The summed E-state index contributed by atoms with van der Waals surface area (Å²) < 4.78 is 5.58. The minimum absolute atomic E-state index is 0.0749. The molecule has 4 nitrogen and oxygen atoms in total. The van der Waals surface area contributed by atoms with Crippen LogP contribution in [0.3, 0.4) is 0 Å². The summed E-state index contributed by atoms with van der Waals surface area (Å²) in [6, 6.07) is 4.09. The monoisotopic (exact) mass is 419 g/mol. The fourth-order valence-corrected chi connectivity index (χ4v) is 5.50. The lowest BCUT2D eigenvalue weighted by Crippen LogP contribution is -2.38. The van der Waals surface area contributed by atoms with Gasteiger partial charge in [-0.3, -0.25) is 4.79 Å². The van der Waals surface area contributed by atoms with Crippen LogP contribution < -0.4 is 5.32 Å². The summed E-state index contributed by atoms with van der Waals surface area (Å²) >= 11 is 3.39. The molecule has 0 bridgehead atoms. The number of aryl methyl sites for hydroxylation is 1. The van der Waals surface area contributed by atoms with E-state index in [1.807, 2.05) is 19.9 Å². The van der Waals surface area contributed by atoms with Crippen LogP contribution in [0.2, 0.25) is 0 Å². The molecule has 0 amide bonds. The maximum atomic E-state index is 13.1. The average molecular weight is 420 g/mol. The highest BCUT2D eigenvalue weighted by molar-refractivity contribution is 7.99. The van der Waals surface area contributed by atoms with Crippen molar-refractivity contribution in [3.05, 3.63) is 44.4 Å². The smallest absolute Gasteiger partial charge is 0.336 e. The highest BCUT2D eigenvalue weighted by Crippen LogP contribution is 2.48. The van der Waals surface area contributed by atoms with E-state index in [1.165, 1.54) is 4.88 Å². The van der Waals surface area contributed by atoms with Gasteiger partial charge in [0, 0.05) is 38.9 Å². The van der Waals surface area contributed by atoms with Gasteiger partial charge in [0.05, 0.1) is 11.5 Å². The molecule has 1 aromatic rings. The van der Waals surface area contributed by atoms with Gasteiger partial charge in [-0.2, -0.15) is 11.8 Å². The number of allylic oxidation sites excluding steroid dienone is 3. The second-order valence-corrected chi connectivity index (χ2v) is 10.9. The molecule has 1 atom stereocenters. The first-order chi connectivity index (χ1) is 13.2. The van der Waals surface area contributed by atoms with Gasteiger partial charge in [-0.1, -0.05) is 20.8 Å². The zero-order chi connectivity index (χ0) is 20.5. The molecule has 152 valence electrons. The lowest BCUT2D eigenvalue weighted by molar-refractivity contribution is -0.138. The molecule has 1 aliphatic carbocycles. The van der Waals surface area contributed by atoms with Gasteiger partial charge in [0.1, 0.15) is 6.61 Å². The molecule has 1 N–H and O–H groups in total. The van der Waals surface area contributed by atoms with Crippen LogP contribution in [0.25, 0.3) is 0 Å². The van der Waals surface area contributed by atoms with Crippen molar-refractivity contribution >= 4 is 34.9 Å². The molecule has 1 aliphatic heterocycles. The number of esters is 1. The van der Waals surface area contributed by atoms with E-state index in [-0.39, 0.29) is 23.1 Å². The van der Waals surface area contributed by atoms with Crippen molar-refractivity contribution < 1.29 is 14.3 Å². The summed E-state index contributed by atoms with van der Waals surface area (Å²) in [6.07, 6.45) is 1.31. The number of dihydropyridines is 1. The van der Waals surface area contributed by atoms with Crippen LogP contribution >= 0.6 is 23.1 Å². The number of rotatable bonds is 6. The Labute approximate surface area is 175 Å². The lowest BCUT2D eigenvalue weighted by atomic mass is 9.70. The minimum Gasteiger partial charge on any atom is -0.461 e. The van der Waals surface area contributed by atoms with Gasteiger partial charge in [-0.25, -0.2) is 4.79 Å². The minimum atomic E-state index is -0.329. The average Bonchev–Trinajstić information content (AvgIpc) is 3.02. The number of hydrogen-bond acceptors (Lipinski definition) is 6. The highest BCUT2D eigenvalue weighted by Gasteiger charge is 2.43. The van der Waals surface area contributed by atoms with Crippen LogP contribution in [0.15, 0.2) is 34.7 Å². The van der Waals surface area contributed by atoms with Crippen LogP contribution in [0.4, 0.5) is 0 Å². The summed E-state index contributed by atoms with van der Waals surface area (Å²) in [5.41, 5.74) is 3.02. The third kappa shape index (κ3) is 4.38. The second kappa shape index (κ2) is 8.46. The van der Waals surface area contributed by atoms with E-state index in [0.717, 1.165) is 39.8 Å². The fraction of sp³-hybridized carbons (Fsp3) is 0.545. The molecule has 0 aromatic carbocycles. The molecule has 2 heterocycles. The zero-order valence-corrected chi connectivity index (χ0v) is 18.9. The van der Waals surface area contributed by atoms with Gasteiger partial charge < -0.3 is 10.1 Å². The molecule has 1 aromatic heterocycles. The molecule has 0 saturated heterocycles. The number of carbonyl (C=O) groups is 2. The van der Waals surface area contributed by atoms with Crippen LogP contribution in [0, 0.1) is 12.3 Å². The molecule has 6 heteroatoms. The normalized spacial score (nSPS) is 21.5. The predicted octanol–water partition coefficient (Wildman–Crippen LogP) is 4.96. The van der Waals surface area contributed by atoms with E-state index < -0.39 is 0 Å². The van der Waals surface area contributed by atoms with E-state index in [9.17, 15) is 9.59 Å². The van der Waals surface area contributed by atoms with Crippen LogP contribution in [-0.2, 0) is 14.3 Å². The van der Waals surface area contributed by atoms with Crippen molar-refractivity contribution in [3.63, 3.8) is 0 Å². The van der Waals surface area contributed by atoms with Crippen molar-refractivity contribution in [3.8, 4) is 0 Å². The number of Topliss-reactive ketones (excluding diaryl/α,β-unsaturated/α-hetero) is 1. The Bertz CT molecular complexity index is 848. The van der Waals surface area contributed by atoms with Gasteiger partial charge in [-0.15, -0.1) is 11.3 Å². The first-order valence-corrected chi connectivity index (χ1v) is 11.8. The number of carbonyl (C=O) groups excluding carboxylic acids is 2. The Morgan fingerprint density at radius 2 is 2.07 bits per heavy atom. The first kappa shape index (κ1) is 21.2. The maximum Gasteiger partial charge on any atom is 0.336 e. The van der Waals surface area contributed by atoms with E-state index in [1.54, 1.807) is 23.1 Å². The van der Waals surface area contributed by atoms with Crippen LogP contribution in [0.5, 0.6) is 0 Å². The van der Waals surface area contributed by atoms with Crippen LogP contribution in [-0.4, -0.2) is 29.9 Å². The maximum absolute atomic E-state index is 13.1. The van der Waals surface area contributed by atoms with Gasteiger partial charge in [0.25, 0.3) is 0 Å². The van der Waals surface area contributed by atoms with E-state index in [4.69, 9.17) is 4.74 Å². The summed E-state index contributed by atoms with van der Waals surface area (Å²) in [6.45, 7) is 10.7. The highest BCUT2D eigenvalue weighted by atomic mass is 32.2. The molecular weight excluding hydrogens is 390 g/mol. The van der Waals surface area contributed by atoms with Crippen molar-refractivity contribution in [2.45, 2.75) is 53.4 Å². The van der Waals surface area contributed by atoms with Crippen molar-refractivity contribution in [2.24, 2.45) is 5.41 Å². The molecule has 28 heavy (non-hydrogen) atoms. The number of thioether (sulfide) groups is 1. The van der Waals surface area contributed by atoms with E-state index in [0.29, 0.717) is 18.6 Å². The Kier molecular flexibility index (Phi) is 6.40. The Hall–Kier alpha value is -1.53. The SMILES string of the molecule is CCSCCOC(=O)C1=C(C)NC2=C(C(=O)CC(C)(C)C2)[C@H]1c1ccc(C)s1. The molecule has 0 spiro atoms. The third-order valence-corrected chi connectivity index (χ3v) is 7.10. The summed E-state index contributed by atoms with van der Waals surface area (Å²) in [7, 11) is 0.